The molecule has 0 heterocycles. The van der Waals surface area contributed by atoms with E-state index in [1.165, 1.54) is 7.11 Å². The largest absolute Gasteiger partial charge is 0.375 e. The summed E-state index contributed by atoms with van der Waals surface area (Å²) in [6, 6.07) is 9.48. The highest BCUT2D eigenvalue weighted by Crippen LogP contribution is 2.07. The second-order valence-electron chi connectivity index (χ2n) is 3.25. The van der Waals surface area contributed by atoms with Gasteiger partial charge >= 0.3 is 0 Å². The van der Waals surface area contributed by atoms with E-state index in [1.54, 1.807) is 0 Å². The van der Waals surface area contributed by atoms with E-state index in [0.29, 0.717) is 6.54 Å². The van der Waals surface area contributed by atoms with Gasteiger partial charge in [-0.2, -0.15) is 0 Å². The van der Waals surface area contributed by atoms with Crippen LogP contribution in [0.5, 0.6) is 0 Å². The number of nitrogens with one attached hydrogen (secondary N) is 1. The van der Waals surface area contributed by atoms with E-state index in [-0.39, 0.29) is 18.6 Å². The Morgan fingerprint density at radius 3 is 2.73 bits per heavy atom. The number of methoxy groups -OCH3 is 1. The fraction of sp³-hybridized carbons (Fsp3) is 0.364. The minimum Gasteiger partial charge on any atom is -0.375 e. The molecule has 1 aromatic carbocycles. The molecule has 0 fully saturated rings. The highest BCUT2D eigenvalue weighted by Gasteiger charge is 2.06. The van der Waals surface area contributed by atoms with E-state index in [2.05, 4.69) is 10.1 Å². The first-order chi connectivity index (χ1) is 7.24. The number of carbonyl (C=O) groups is 1. The summed E-state index contributed by atoms with van der Waals surface area (Å²) in [5.41, 5.74) is 6.89. The molecule has 0 aliphatic heterocycles. The topological polar surface area (TPSA) is 64.3 Å². The molecule has 82 valence electrons. The van der Waals surface area contributed by atoms with E-state index in [9.17, 15) is 4.79 Å². The molecule has 3 N–H and O–H groups in total. The fourth-order valence-electron chi connectivity index (χ4n) is 1.22. The van der Waals surface area contributed by atoms with Gasteiger partial charge in [-0.1, -0.05) is 30.3 Å². The van der Waals surface area contributed by atoms with Crippen molar-refractivity contribution in [3.63, 3.8) is 0 Å². The lowest BCUT2D eigenvalue weighted by molar-refractivity contribution is -0.124. The first kappa shape index (κ1) is 11.7. The molecule has 0 bridgehead atoms. The van der Waals surface area contributed by atoms with Gasteiger partial charge in [0.15, 0.2) is 0 Å². The Morgan fingerprint density at radius 1 is 1.47 bits per heavy atom. The molecule has 1 rings (SSSR count). The van der Waals surface area contributed by atoms with Crippen LogP contribution >= 0.6 is 0 Å². The van der Waals surface area contributed by atoms with E-state index in [0.717, 1.165) is 5.56 Å². The standard InChI is InChI=1S/C11H16N2O2/c1-15-8-11(14)13-7-10(12)9-5-3-2-4-6-9/h2-6,10H,7-8,12H2,1H3,(H,13,14). The van der Waals surface area contributed by atoms with Gasteiger partial charge in [0, 0.05) is 19.7 Å². The Hall–Kier alpha value is -1.39. The van der Waals surface area contributed by atoms with Crippen LogP contribution in [0.4, 0.5) is 0 Å². The summed E-state index contributed by atoms with van der Waals surface area (Å²) in [4.78, 5) is 11.1. The number of hydrogen-bond acceptors (Lipinski definition) is 3. The molecule has 0 aromatic heterocycles. The lowest BCUT2D eigenvalue weighted by Crippen LogP contribution is -2.33. The molecule has 0 spiro atoms. The molecule has 0 saturated carbocycles. The van der Waals surface area contributed by atoms with Crippen LogP contribution in [0.1, 0.15) is 11.6 Å². The van der Waals surface area contributed by atoms with E-state index in [1.807, 2.05) is 30.3 Å². The first-order valence-corrected chi connectivity index (χ1v) is 4.80. The van der Waals surface area contributed by atoms with Gasteiger partial charge in [-0.15, -0.1) is 0 Å². The second kappa shape index (κ2) is 6.16. The van der Waals surface area contributed by atoms with Crippen molar-refractivity contribution in [2.24, 2.45) is 5.73 Å². The first-order valence-electron chi connectivity index (χ1n) is 4.80. The monoisotopic (exact) mass is 208 g/mol. The summed E-state index contributed by atoms with van der Waals surface area (Å²) < 4.78 is 4.69. The lowest BCUT2D eigenvalue weighted by Gasteiger charge is -2.12. The molecular weight excluding hydrogens is 192 g/mol. The van der Waals surface area contributed by atoms with Crippen molar-refractivity contribution in [1.29, 1.82) is 0 Å². The van der Waals surface area contributed by atoms with Gasteiger partial charge in [0.1, 0.15) is 6.61 Å². The zero-order valence-corrected chi connectivity index (χ0v) is 8.77. The molecule has 4 heteroatoms. The minimum atomic E-state index is -0.174. The average molecular weight is 208 g/mol. The van der Waals surface area contributed by atoms with Crippen molar-refractivity contribution in [1.82, 2.24) is 5.32 Å². The fourth-order valence-corrected chi connectivity index (χ4v) is 1.22. The number of amides is 1. The third-order valence-electron chi connectivity index (χ3n) is 2.02. The normalized spacial score (nSPS) is 12.1. The van der Waals surface area contributed by atoms with Crippen molar-refractivity contribution >= 4 is 5.91 Å². The third-order valence-corrected chi connectivity index (χ3v) is 2.02. The van der Waals surface area contributed by atoms with Crippen LogP contribution in [0.25, 0.3) is 0 Å². The van der Waals surface area contributed by atoms with Gasteiger partial charge < -0.3 is 15.8 Å². The van der Waals surface area contributed by atoms with E-state index < -0.39 is 0 Å². The van der Waals surface area contributed by atoms with Gasteiger partial charge in [-0.05, 0) is 5.56 Å². The Balaban J connectivity index is 2.37. The Kier molecular flexibility index (Phi) is 4.80. The number of carbonyl (C=O) groups excluding carboxylic acids is 1. The van der Waals surface area contributed by atoms with Crippen LogP contribution in [0.15, 0.2) is 30.3 Å². The molecule has 4 nitrogen and oxygen atoms in total. The molecular formula is C11H16N2O2. The molecule has 1 amide bonds. The number of rotatable bonds is 5. The van der Waals surface area contributed by atoms with Gasteiger partial charge in [0.05, 0.1) is 0 Å². The Bertz CT molecular complexity index is 301. The van der Waals surface area contributed by atoms with Crippen LogP contribution in [0.2, 0.25) is 0 Å². The highest BCUT2D eigenvalue weighted by molar-refractivity contribution is 5.77. The van der Waals surface area contributed by atoms with Gasteiger partial charge in [-0.3, -0.25) is 4.79 Å². The summed E-state index contributed by atoms with van der Waals surface area (Å²) in [7, 11) is 1.48. The zero-order chi connectivity index (χ0) is 11.1. The number of nitrogens with two attached hydrogens (primary N) is 1. The van der Waals surface area contributed by atoms with Gasteiger partial charge in [-0.25, -0.2) is 0 Å². The van der Waals surface area contributed by atoms with Crippen molar-refractivity contribution in [2.75, 3.05) is 20.3 Å². The number of benzene rings is 1. The Morgan fingerprint density at radius 2 is 2.13 bits per heavy atom. The highest BCUT2D eigenvalue weighted by atomic mass is 16.5. The predicted octanol–water partition coefficient (Wildman–Crippen LogP) is 0.449. The van der Waals surface area contributed by atoms with Crippen molar-refractivity contribution in [3.8, 4) is 0 Å². The molecule has 0 aliphatic rings. The maximum Gasteiger partial charge on any atom is 0.246 e. The summed E-state index contributed by atoms with van der Waals surface area (Å²) >= 11 is 0. The van der Waals surface area contributed by atoms with Crippen LogP contribution < -0.4 is 11.1 Å². The SMILES string of the molecule is COCC(=O)NCC(N)c1ccccc1. The molecule has 15 heavy (non-hydrogen) atoms. The molecule has 1 aromatic rings. The van der Waals surface area contributed by atoms with Crippen molar-refractivity contribution < 1.29 is 9.53 Å². The van der Waals surface area contributed by atoms with Gasteiger partial charge in [0.2, 0.25) is 5.91 Å². The maximum absolute atomic E-state index is 11.1. The summed E-state index contributed by atoms with van der Waals surface area (Å²) in [6.07, 6.45) is 0. The lowest BCUT2D eigenvalue weighted by atomic mass is 10.1. The Labute approximate surface area is 89.4 Å². The molecule has 0 saturated heterocycles. The average Bonchev–Trinajstić information content (AvgIpc) is 2.27. The molecule has 0 aliphatic carbocycles. The summed E-state index contributed by atoms with van der Waals surface area (Å²) in [6.45, 7) is 0.494. The van der Waals surface area contributed by atoms with Crippen LogP contribution in [-0.4, -0.2) is 26.2 Å². The number of hydrogen-bond donors (Lipinski definition) is 2. The molecule has 1 atom stereocenters. The molecule has 1 unspecified atom stereocenters. The van der Waals surface area contributed by atoms with Crippen LogP contribution in [-0.2, 0) is 9.53 Å². The van der Waals surface area contributed by atoms with Crippen molar-refractivity contribution in [3.05, 3.63) is 35.9 Å². The quantitative estimate of drug-likeness (QED) is 0.738. The summed E-state index contributed by atoms with van der Waals surface area (Å²) in [5, 5.41) is 2.69. The minimum absolute atomic E-state index is 0.0709. The zero-order valence-electron chi connectivity index (χ0n) is 8.77. The van der Waals surface area contributed by atoms with Crippen LogP contribution in [0, 0.1) is 0 Å². The smallest absolute Gasteiger partial charge is 0.246 e. The van der Waals surface area contributed by atoms with Crippen LogP contribution in [0.3, 0.4) is 0 Å². The molecule has 0 radical (unpaired) electrons. The van der Waals surface area contributed by atoms with Crippen molar-refractivity contribution in [2.45, 2.75) is 6.04 Å². The van der Waals surface area contributed by atoms with Gasteiger partial charge in [0.25, 0.3) is 0 Å². The predicted molar refractivity (Wildman–Crippen MR) is 58.3 cm³/mol. The third kappa shape index (κ3) is 4.10. The summed E-state index contributed by atoms with van der Waals surface area (Å²) in [5.74, 6) is -0.149. The second-order valence-corrected chi connectivity index (χ2v) is 3.25. The van der Waals surface area contributed by atoms with E-state index in [4.69, 9.17) is 5.73 Å². The van der Waals surface area contributed by atoms with E-state index >= 15 is 0 Å². The maximum atomic E-state index is 11.1. The number of ether oxygens (including phenoxy) is 1.